The average molecular weight is 337 g/mol. The maximum Gasteiger partial charge on any atom is 0.305 e. The molecule has 0 saturated carbocycles. The van der Waals surface area contributed by atoms with E-state index in [1.165, 1.54) is 0 Å². The number of carboxylic acids is 1. The van der Waals surface area contributed by atoms with Crippen LogP contribution >= 0.6 is 0 Å². The van der Waals surface area contributed by atoms with Crippen LogP contribution in [0.2, 0.25) is 0 Å². The Bertz CT molecular complexity index is 914. The number of aromatic nitrogens is 2. The molecular weight excluding hydrogens is 314 g/mol. The summed E-state index contributed by atoms with van der Waals surface area (Å²) < 4.78 is 2.04. The number of carbonyl (C=O) groups is 1. The van der Waals surface area contributed by atoms with Gasteiger partial charge in [-0.1, -0.05) is 30.3 Å². The van der Waals surface area contributed by atoms with Crippen molar-refractivity contribution < 1.29 is 9.90 Å². The van der Waals surface area contributed by atoms with Gasteiger partial charge >= 0.3 is 5.97 Å². The normalized spacial score (nSPS) is 12.4. The van der Waals surface area contributed by atoms with Crippen molar-refractivity contribution in [1.29, 1.82) is 0 Å². The Labute approximate surface area is 147 Å². The number of benzene rings is 2. The van der Waals surface area contributed by atoms with Crippen molar-refractivity contribution >= 4 is 17.0 Å². The van der Waals surface area contributed by atoms with Gasteiger partial charge in [0.1, 0.15) is 5.82 Å². The van der Waals surface area contributed by atoms with Crippen LogP contribution in [-0.4, -0.2) is 20.6 Å². The van der Waals surface area contributed by atoms with Gasteiger partial charge in [-0.15, -0.1) is 0 Å². The Balaban J connectivity index is 1.86. The van der Waals surface area contributed by atoms with Crippen LogP contribution in [0.1, 0.15) is 35.0 Å². The third-order valence-corrected chi connectivity index (χ3v) is 4.79. The molecule has 0 amide bonds. The van der Waals surface area contributed by atoms with Gasteiger partial charge in [-0.25, -0.2) is 4.98 Å². The molecule has 0 radical (unpaired) electrons. The van der Waals surface area contributed by atoms with Crippen LogP contribution in [0.3, 0.4) is 0 Å². The number of hydrogen-bond donors (Lipinski definition) is 2. The predicted octanol–water partition coefficient (Wildman–Crippen LogP) is 3.50. The summed E-state index contributed by atoms with van der Waals surface area (Å²) in [7, 11) is 1.98. The molecule has 3 rings (SSSR count). The molecule has 0 unspecified atom stereocenters. The van der Waals surface area contributed by atoms with Crippen molar-refractivity contribution in [3.05, 3.63) is 65.0 Å². The minimum absolute atomic E-state index is 0.0359. The van der Waals surface area contributed by atoms with Crippen LogP contribution in [-0.2, 0) is 18.4 Å². The van der Waals surface area contributed by atoms with Crippen molar-refractivity contribution in [3.63, 3.8) is 0 Å². The highest BCUT2D eigenvalue weighted by Gasteiger charge is 2.19. The lowest BCUT2D eigenvalue weighted by molar-refractivity contribution is -0.137. The number of aryl methyl sites for hydroxylation is 2. The van der Waals surface area contributed by atoms with Gasteiger partial charge in [0, 0.05) is 13.1 Å². The summed E-state index contributed by atoms with van der Waals surface area (Å²) >= 11 is 0. The summed E-state index contributed by atoms with van der Waals surface area (Å²) in [5, 5.41) is 12.7. The Morgan fingerprint density at radius 2 is 1.96 bits per heavy atom. The number of imidazole rings is 1. The number of hydrogen-bond acceptors (Lipinski definition) is 3. The highest BCUT2D eigenvalue weighted by Crippen LogP contribution is 2.24. The van der Waals surface area contributed by atoms with Crippen LogP contribution in [0, 0.1) is 13.8 Å². The lowest BCUT2D eigenvalue weighted by Gasteiger charge is -2.20. The molecule has 0 bridgehead atoms. The fraction of sp³-hybridized carbons (Fsp3) is 0.300. The Hall–Kier alpha value is -2.66. The fourth-order valence-electron chi connectivity index (χ4n) is 3.19. The molecule has 0 saturated heterocycles. The van der Waals surface area contributed by atoms with E-state index in [4.69, 9.17) is 0 Å². The van der Waals surface area contributed by atoms with Crippen molar-refractivity contribution in [1.82, 2.24) is 14.9 Å². The quantitative estimate of drug-likeness (QED) is 0.722. The molecule has 5 heteroatoms. The molecule has 3 aromatic rings. The molecule has 25 heavy (non-hydrogen) atoms. The molecule has 5 nitrogen and oxygen atoms in total. The summed E-state index contributed by atoms with van der Waals surface area (Å²) in [6.45, 7) is 4.59. The van der Waals surface area contributed by atoms with Crippen molar-refractivity contribution in [2.24, 2.45) is 7.05 Å². The van der Waals surface area contributed by atoms with Gasteiger partial charge in [-0.05, 0) is 42.7 Å². The zero-order chi connectivity index (χ0) is 18.0. The second kappa shape index (κ2) is 7.07. The van der Waals surface area contributed by atoms with Gasteiger partial charge in [-0.2, -0.15) is 0 Å². The maximum absolute atomic E-state index is 11.3. The first kappa shape index (κ1) is 17.2. The highest BCUT2D eigenvalue weighted by molar-refractivity contribution is 5.75. The molecule has 0 aliphatic heterocycles. The first-order valence-corrected chi connectivity index (χ1v) is 8.39. The van der Waals surface area contributed by atoms with Crippen LogP contribution in [0.15, 0.2) is 42.5 Å². The average Bonchev–Trinajstić information content (AvgIpc) is 2.90. The van der Waals surface area contributed by atoms with E-state index >= 15 is 0 Å². The SMILES string of the molecule is Cc1cccc([C@@H](CC(=O)O)NCc2nc3ccccc3n2C)c1C. The zero-order valence-electron chi connectivity index (χ0n) is 14.8. The number of fused-ring (bicyclic) bond motifs is 1. The van der Waals surface area contributed by atoms with Gasteiger partial charge in [-0.3, -0.25) is 4.79 Å². The van der Waals surface area contributed by atoms with Gasteiger partial charge in [0.2, 0.25) is 0 Å². The van der Waals surface area contributed by atoms with E-state index in [0.29, 0.717) is 6.54 Å². The number of rotatable bonds is 6. The molecule has 0 aliphatic rings. The van der Waals surface area contributed by atoms with Crippen molar-refractivity contribution in [3.8, 4) is 0 Å². The van der Waals surface area contributed by atoms with E-state index < -0.39 is 5.97 Å². The van der Waals surface area contributed by atoms with Gasteiger partial charge < -0.3 is 15.0 Å². The third kappa shape index (κ3) is 3.56. The van der Waals surface area contributed by atoms with E-state index in [-0.39, 0.29) is 12.5 Å². The summed E-state index contributed by atoms with van der Waals surface area (Å²) in [6, 6.07) is 13.7. The molecule has 130 valence electrons. The Morgan fingerprint density at radius 1 is 1.20 bits per heavy atom. The minimum Gasteiger partial charge on any atom is -0.481 e. The first-order chi connectivity index (χ1) is 12.0. The molecule has 2 aromatic carbocycles. The standard InChI is InChI=1S/C20H23N3O2/c1-13-7-6-8-15(14(13)2)17(11-20(24)25)21-12-19-22-16-9-4-5-10-18(16)23(19)3/h4-10,17,21H,11-12H2,1-3H3,(H,24,25)/t17-/m1/s1. The minimum atomic E-state index is -0.816. The molecule has 1 aromatic heterocycles. The third-order valence-electron chi connectivity index (χ3n) is 4.79. The molecule has 0 spiro atoms. The second-order valence-corrected chi connectivity index (χ2v) is 6.40. The monoisotopic (exact) mass is 337 g/mol. The summed E-state index contributed by atoms with van der Waals surface area (Å²) in [5.74, 6) is 0.0744. The molecular formula is C20H23N3O2. The van der Waals surface area contributed by atoms with Gasteiger partial charge in [0.15, 0.2) is 0 Å². The number of aliphatic carboxylic acids is 1. The largest absolute Gasteiger partial charge is 0.481 e. The van der Waals surface area contributed by atoms with Crippen LogP contribution in [0.4, 0.5) is 0 Å². The molecule has 0 fully saturated rings. The van der Waals surface area contributed by atoms with Gasteiger partial charge in [0.05, 0.1) is 24.0 Å². The molecule has 1 atom stereocenters. The Kier molecular flexibility index (Phi) is 4.86. The van der Waals surface area contributed by atoms with Crippen LogP contribution in [0.25, 0.3) is 11.0 Å². The first-order valence-electron chi connectivity index (χ1n) is 8.39. The number of carboxylic acid groups (broad SMARTS) is 1. The van der Waals surface area contributed by atoms with Gasteiger partial charge in [0.25, 0.3) is 0 Å². The van der Waals surface area contributed by atoms with Crippen LogP contribution < -0.4 is 5.32 Å². The fourth-order valence-corrected chi connectivity index (χ4v) is 3.19. The molecule has 0 aliphatic carbocycles. The maximum atomic E-state index is 11.3. The zero-order valence-corrected chi connectivity index (χ0v) is 14.8. The highest BCUT2D eigenvalue weighted by atomic mass is 16.4. The lowest BCUT2D eigenvalue weighted by atomic mass is 9.95. The lowest BCUT2D eigenvalue weighted by Crippen LogP contribution is -2.25. The second-order valence-electron chi connectivity index (χ2n) is 6.40. The van der Waals surface area contributed by atoms with Crippen molar-refractivity contribution in [2.45, 2.75) is 32.9 Å². The summed E-state index contributed by atoms with van der Waals surface area (Å²) in [6.07, 6.45) is 0.0359. The summed E-state index contributed by atoms with van der Waals surface area (Å²) in [5.41, 5.74) is 5.34. The number of para-hydroxylation sites is 2. The topological polar surface area (TPSA) is 67.2 Å². The van der Waals surface area contributed by atoms with E-state index in [9.17, 15) is 9.90 Å². The number of nitrogens with zero attached hydrogens (tertiary/aromatic N) is 2. The molecule has 2 N–H and O–H groups in total. The predicted molar refractivity (Wildman–Crippen MR) is 98.5 cm³/mol. The van der Waals surface area contributed by atoms with E-state index in [0.717, 1.165) is 33.5 Å². The Morgan fingerprint density at radius 3 is 2.68 bits per heavy atom. The smallest absolute Gasteiger partial charge is 0.305 e. The summed E-state index contributed by atoms with van der Waals surface area (Å²) in [4.78, 5) is 16.0. The van der Waals surface area contributed by atoms with Crippen molar-refractivity contribution in [2.75, 3.05) is 0 Å². The van der Waals surface area contributed by atoms with Crippen LogP contribution in [0.5, 0.6) is 0 Å². The van der Waals surface area contributed by atoms with E-state index in [2.05, 4.69) is 10.3 Å². The van der Waals surface area contributed by atoms with E-state index in [1.54, 1.807) is 0 Å². The van der Waals surface area contributed by atoms with E-state index in [1.807, 2.05) is 67.9 Å². The molecule has 1 heterocycles. The number of nitrogens with one attached hydrogen (secondary N) is 1.